The highest BCUT2D eigenvalue weighted by atomic mass is 32.1. The van der Waals surface area contributed by atoms with E-state index in [1.807, 2.05) is 40.2 Å². The van der Waals surface area contributed by atoms with Gasteiger partial charge in [0.1, 0.15) is 5.75 Å². The molecule has 2 aromatic carbocycles. The fourth-order valence-corrected chi connectivity index (χ4v) is 3.86. The molecule has 6 heteroatoms. The number of aromatic nitrogens is 2. The molecule has 0 saturated carbocycles. The molecule has 28 heavy (non-hydrogen) atoms. The van der Waals surface area contributed by atoms with Gasteiger partial charge >= 0.3 is 0 Å². The number of hydrogen-bond donors (Lipinski definition) is 1. The molecule has 1 amide bonds. The van der Waals surface area contributed by atoms with E-state index in [0.717, 1.165) is 33.2 Å². The van der Waals surface area contributed by atoms with Crippen LogP contribution in [0.3, 0.4) is 0 Å². The number of nitrogens with one attached hydrogen (secondary N) is 1. The molecule has 4 rings (SSSR count). The molecular formula is C22H21N3O2S. The Morgan fingerprint density at radius 2 is 1.89 bits per heavy atom. The minimum Gasteiger partial charge on any atom is -0.497 e. The number of aryl methyl sites for hydroxylation is 1. The van der Waals surface area contributed by atoms with Gasteiger partial charge in [-0.2, -0.15) is 0 Å². The van der Waals surface area contributed by atoms with Crippen LogP contribution in [-0.4, -0.2) is 22.4 Å². The number of rotatable bonds is 6. The standard InChI is InChI=1S/C22H21N3O2S/c1-15-3-7-17(8-4-15)20-13-25-18(14-28-22(25)24-20)11-21(26)23-12-16-5-9-19(27-2)10-6-16/h3-10,13-14H,11-12H2,1-2H3,(H,23,26). The van der Waals surface area contributed by atoms with Crippen molar-refractivity contribution in [1.82, 2.24) is 14.7 Å². The predicted octanol–water partition coefficient (Wildman–Crippen LogP) is 4.24. The number of fused-ring (bicyclic) bond motifs is 1. The molecule has 0 bridgehead atoms. The normalized spacial score (nSPS) is 10.9. The minimum absolute atomic E-state index is 0.0129. The Kier molecular flexibility index (Phi) is 5.12. The summed E-state index contributed by atoms with van der Waals surface area (Å²) in [7, 11) is 1.64. The zero-order chi connectivity index (χ0) is 19.5. The van der Waals surface area contributed by atoms with Crippen LogP contribution in [0, 0.1) is 6.92 Å². The Bertz CT molecular complexity index is 1100. The maximum Gasteiger partial charge on any atom is 0.226 e. The van der Waals surface area contributed by atoms with E-state index in [9.17, 15) is 4.79 Å². The van der Waals surface area contributed by atoms with Crippen molar-refractivity contribution in [2.24, 2.45) is 0 Å². The molecular weight excluding hydrogens is 370 g/mol. The van der Waals surface area contributed by atoms with Gasteiger partial charge in [-0.15, -0.1) is 11.3 Å². The van der Waals surface area contributed by atoms with Crippen LogP contribution in [0.2, 0.25) is 0 Å². The maximum atomic E-state index is 12.4. The van der Waals surface area contributed by atoms with Gasteiger partial charge in [0.2, 0.25) is 5.91 Å². The minimum atomic E-state index is -0.0129. The molecule has 0 fully saturated rings. The smallest absolute Gasteiger partial charge is 0.226 e. The molecule has 1 N–H and O–H groups in total. The van der Waals surface area contributed by atoms with E-state index in [1.165, 1.54) is 5.56 Å². The van der Waals surface area contributed by atoms with Gasteiger partial charge in [0, 0.05) is 29.4 Å². The third-order valence-electron chi connectivity index (χ3n) is 4.62. The lowest BCUT2D eigenvalue weighted by Crippen LogP contribution is -2.24. The Morgan fingerprint density at radius 1 is 1.14 bits per heavy atom. The van der Waals surface area contributed by atoms with Crippen molar-refractivity contribution in [3.8, 4) is 17.0 Å². The highest BCUT2D eigenvalue weighted by Gasteiger charge is 2.12. The number of ether oxygens (including phenoxy) is 1. The SMILES string of the molecule is COc1ccc(CNC(=O)Cc2csc3nc(-c4ccc(C)cc4)cn23)cc1. The third-order valence-corrected chi connectivity index (χ3v) is 5.51. The summed E-state index contributed by atoms with van der Waals surface area (Å²) >= 11 is 1.55. The summed E-state index contributed by atoms with van der Waals surface area (Å²) in [4.78, 5) is 18.0. The molecule has 0 unspecified atom stereocenters. The quantitative estimate of drug-likeness (QED) is 0.535. The second kappa shape index (κ2) is 7.86. The number of carbonyl (C=O) groups is 1. The van der Waals surface area contributed by atoms with Crippen molar-refractivity contribution < 1.29 is 9.53 Å². The van der Waals surface area contributed by atoms with Gasteiger partial charge in [0.15, 0.2) is 4.96 Å². The average Bonchev–Trinajstić information content (AvgIpc) is 3.29. The highest BCUT2D eigenvalue weighted by molar-refractivity contribution is 7.15. The fourth-order valence-electron chi connectivity index (χ4n) is 2.99. The second-order valence-corrected chi connectivity index (χ2v) is 7.51. The van der Waals surface area contributed by atoms with Crippen LogP contribution >= 0.6 is 11.3 Å². The second-order valence-electron chi connectivity index (χ2n) is 6.67. The molecule has 2 heterocycles. The number of hydrogen-bond acceptors (Lipinski definition) is 4. The van der Waals surface area contributed by atoms with Gasteiger partial charge in [0.05, 0.1) is 19.2 Å². The Balaban J connectivity index is 1.43. The molecule has 4 aromatic rings. The maximum absolute atomic E-state index is 12.4. The number of methoxy groups -OCH3 is 1. The topological polar surface area (TPSA) is 55.6 Å². The first-order chi connectivity index (χ1) is 13.6. The Labute approximate surface area is 167 Å². The van der Waals surface area contributed by atoms with Gasteiger partial charge in [-0.05, 0) is 24.6 Å². The summed E-state index contributed by atoms with van der Waals surface area (Å²) < 4.78 is 7.16. The molecule has 0 radical (unpaired) electrons. The fraction of sp³-hybridized carbons (Fsp3) is 0.182. The molecule has 0 aliphatic carbocycles. The molecule has 5 nitrogen and oxygen atoms in total. The highest BCUT2D eigenvalue weighted by Crippen LogP contribution is 2.24. The lowest BCUT2D eigenvalue weighted by Gasteiger charge is -2.06. The average molecular weight is 391 g/mol. The number of imidazole rings is 1. The first-order valence-electron chi connectivity index (χ1n) is 9.04. The molecule has 0 spiro atoms. The van der Waals surface area contributed by atoms with Crippen LogP contribution in [0.5, 0.6) is 5.75 Å². The van der Waals surface area contributed by atoms with Gasteiger partial charge in [-0.1, -0.05) is 42.0 Å². The van der Waals surface area contributed by atoms with E-state index in [4.69, 9.17) is 4.74 Å². The number of carbonyl (C=O) groups excluding carboxylic acids is 1. The van der Waals surface area contributed by atoms with E-state index >= 15 is 0 Å². The van der Waals surface area contributed by atoms with Crippen molar-refractivity contribution >= 4 is 22.2 Å². The van der Waals surface area contributed by atoms with Crippen LogP contribution in [0.15, 0.2) is 60.1 Å². The number of benzene rings is 2. The van der Waals surface area contributed by atoms with E-state index in [0.29, 0.717) is 13.0 Å². The first-order valence-corrected chi connectivity index (χ1v) is 9.92. The van der Waals surface area contributed by atoms with Gasteiger partial charge < -0.3 is 10.1 Å². The Morgan fingerprint density at radius 3 is 2.61 bits per heavy atom. The summed E-state index contributed by atoms with van der Waals surface area (Å²) in [5, 5.41) is 4.97. The zero-order valence-corrected chi connectivity index (χ0v) is 16.6. The monoisotopic (exact) mass is 391 g/mol. The van der Waals surface area contributed by atoms with Crippen LogP contribution in [0.4, 0.5) is 0 Å². The molecule has 0 atom stereocenters. The third kappa shape index (κ3) is 3.92. The van der Waals surface area contributed by atoms with Crippen LogP contribution in [0.1, 0.15) is 16.8 Å². The Hall–Kier alpha value is -3.12. The van der Waals surface area contributed by atoms with E-state index in [-0.39, 0.29) is 5.91 Å². The van der Waals surface area contributed by atoms with Crippen LogP contribution in [-0.2, 0) is 17.8 Å². The largest absolute Gasteiger partial charge is 0.497 e. The van der Waals surface area contributed by atoms with Crippen molar-refractivity contribution in [2.75, 3.05) is 7.11 Å². The van der Waals surface area contributed by atoms with E-state index in [2.05, 4.69) is 41.5 Å². The lowest BCUT2D eigenvalue weighted by molar-refractivity contribution is -0.120. The van der Waals surface area contributed by atoms with E-state index in [1.54, 1.807) is 18.4 Å². The van der Waals surface area contributed by atoms with Gasteiger partial charge in [0.25, 0.3) is 0 Å². The lowest BCUT2D eigenvalue weighted by atomic mass is 10.1. The molecule has 142 valence electrons. The number of amides is 1. The van der Waals surface area contributed by atoms with Crippen molar-refractivity contribution in [1.29, 1.82) is 0 Å². The summed E-state index contributed by atoms with van der Waals surface area (Å²) in [6, 6.07) is 16.0. The number of thiazole rings is 1. The molecule has 2 aromatic heterocycles. The van der Waals surface area contributed by atoms with Crippen molar-refractivity contribution in [2.45, 2.75) is 19.9 Å². The summed E-state index contributed by atoms with van der Waals surface area (Å²) in [6.07, 6.45) is 2.32. The van der Waals surface area contributed by atoms with Gasteiger partial charge in [-0.25, -0.2) is 4.98 Å². The van der Waals surface area contributed by atoms with Crippen LogP contribution < -0.4 is 10.1 Å². The summed E-state index contributed by atoms with van der Waals surface area (Å²) in [5.41, 5.74) is 5.20. The van der Waals surface area contributed by atoms with Crippen molar-refractivity contribution in [3.63, 3.8) is 0 Å². The molecule has 0 saturated heterocycles. The van der Waals surface area contributed by atoms with E-state index < -0.39 is 0 Å². The molecule has 0 aliphatic rings. The number of nitrogens with zero attached hydrogens (tertiary/aromatic N) is 2. The van der Waals surface area contributed by atoms with Crippen LogP contribution in [0.25, 0.3) is 16.2 Å². The zero-order valence-electron chi connectivity index (χ0n) is 15.8. The summed E-state index contributed by atoms with van der Waals surface area (Å²) in [6.45, 7) is 2.56. The first kappa shape index (κ1) is 18.3. The summed E-state index contributed by atoms with van der Waals surface area (Å²) in [5.74, 6) is 0.793. The predicted molar refractivity (Wildman–Crippen MR) is 112 cm³/mol. The van der Waals surface area contributed by atoms with Gasteiger partial charge in [-0.3, -0.25) is 9.20 Å². The molecule has 0 aliphatic heterocycles. The van der Waals surface area contributed by atoms with Crippen molar-refractivity contribution in [3.05, 3.63) is 76.9 Å².